The molecule has 0 heterocycles. The summed E-state index contributed by atoms with van der Waals surface area (Å²) in [5.41, 5.74) is -1.09. The van der Waals surface area contributed by atoms with Crippen molar-refractivity contribution in [3.8, 4) is 0 Å². The zero-order chi connectivity index (χ0) is 8.20. The molecule has 3 N–H and O–H groups in total. The van der Waals surface area contributed by atoms with Gasteiger partial charge in [0.15, 0.2) is 0 Å². The van der Waals surface area contributed by atoms with Crippen molar-refractivity contribution in [2.45, 2.75) is 5.66 Å². The van der Waals surface area contributed by atoms with Crippen molar-refractivity contribution in [3.63, 3.8) is 0 Å². The second kappa shape index (κ2) is 4.05. The van der Waals surface area contributed by atoms with E-state index in [1.165, 1.54) is 0 Å². The summed E-state index contributed by atoms with van der Waals surface area (Å²) in [7, 11) is -2.73. The monoisotopic (exact) mass is 170 g/mol. The molecule has 0 aromatic heterocycles. The molecule has 0 aliphatic carbocycles. The van der Waals surface area contributed by atoms with Gasteiger partial charge in [-0.3, -0.25) is 4.57 Å². The van der Waals surface area contributed by atoms with Gasteiger partial charge >= 0.3 is 7.60 Å². The molecule has 0 amide bonds. The first kappa shape index (κ1) is 10.1. The van der Waals surface area contributed by atoms with Crippen LogP contribution in [0, 0.1) is 0 Å². The molecule has 1 unspecified atom stereocenters. The van der Waals surface area contributed by atoms with Gasteiger partial charge in [0.2, 0.25) is 0 Å². The Hall–Kier alpha value is 0.0700. The van der Waals surface area contributed by atoms with Crippen LogP contribution in [-0.4, -0.2) is 41.1 Å². The van der Waals surface area contributed by atoms with Crippen LogP contribution < -0.4 is 0 Å². The first-order valence-corrected chi connectivity index (χ1v) is 4.33. The van der Waals surface area contributed by atoms with Crippen LogP contribution in [0.4, 0.5) is 0 Å². The number of hydrogen-bond acceptors (Lipinski definition) is 4. The van der Waals surface area contributed by atoms with Crippen molar-refractivity contribution in [3.05, 3.63) is 0 Å². The molecule has 0 aliphatic rings. The summed E-state index contributed by atoms with van der Waals surface area (Å²) in [6.07, 6.45) is 0. The fourth-order valence-electron chi connectivity index (χ4n) is 0.413. The maximum atomic E-state index is 10.8. The van der Waals surface area contributed by atoms with Gasteiger partial charge in [0.25, 0.3) is 0 Å². The van der Waals surface area contributed by atoms with Crippen LogP contribution in [0.3, 0.4) is 0 Å². The van der Waals surface area contributed by atoms with Crippen LogP contribution >= 0.6 is 7.60 Å². The van der Waals surface area contributed by atoms with Gasteiger partial charge in [-0.1, -0.05) is 0 Å². The Bertz CT molecular complexity index is 132. The average molecular weight is 170 g/mol. The van der Waals surface area contributed by atoms with Gasteiger partial charge in [-0.2, -0.15) is 0 Å². The van der Waals surface area contributed by atoms with E-state index >= 15 is 0 Å². The lowest BCUT2D eigenvalue weighted by Crippen LogP contribution is -2.18. The minimum Gasteiger partial charge on any atom is -0.395 e. The van der Waals surface area contributed by atoms with Crippen LogP contribution in [0.2, 0.25) is 0 Å². The molecule has 62 valence electrons. The third kappa shape index (κ3) is 2.36. The molecule has 0 saturated heterocycles. The number of aliphatic hydroxyl groups is 2. The highest BCUT2D eigenvalue weighted by molar-refractivity contribution is 7.53. The molecular weight excluding hydrogens is 159 g/mol. The molecule has 0 fully saturated rings. The van der Waals surface area contributed by atoms with Gasteiger partial charge in [0.1, 0.15) is 5.66 Å². The lowest BCUT2D eigenvalue weighted by atomic mass is 10.5. The second-order valence-corrected chi connectivity index (χ2v) is 3.99. The van der Waals surface area contributed by atoms with Crippen LogP contribution in [-0.2, 0) is 9.09 Å². The third-order valence-electron chi connectivity index (χ3n) is 1.14. The summed E-state index contributed by atoms with van der Waals surface area (Å²) in [6.45, 7) is -1.11. The smallest absolute Gasteiger partial charge is 0.335 e. The van der Waals surface area contributed by atoms with Crippen molar-refractivity contribution < 1.29 is 24.2 Å². The maximum absolute atomic E-state index is 10.8. The van der Waals surface area contributed by atoms with Crippen molar-refractivity contribution in [2.75, 3.05) is 20.3 Å². The SMILES string of the molecule is COP(=O)(O)C(CO)CO. The quantitative estimate of drug-likeness (QED) is 0.479. The van der Waals surface area contributed by atoms with Gasteiger partial charge < -0.3 is 19.6 Å². The van der Waals surface area contributed by atoms with Crippen molar-refractivity contribution in [1.82, 2.24) is 0 Å². The van der Waals surface area contributed by atoms with E-state index in [1.54, 1.807) is 0 Å². The van der Waals surface area contributed by atoms with Gasteiger partial charge in [0, 0.05) is 7.11 Å². The molecule has 0 aromatic carbocycles. The Kier molecular flexibility index (Phi) is 4.08. The zero-order valence-electron chi connectivity index (χ0n) is 5.60. The Morgan fingerprint density at radius 1 is 1.50 bits per heavy atom. The molecule has 0 radical (unpaired) electrons. The Labute approximate surface area is 58.8 Å². The van der Waals surface area contributed by atoms with E-state index < -0.39 is 26.5 Å². The van der Waals surface area contributed by atoms with Crippen molar-refractivity contribution in [2.24, 2.45) is 0 Å². The molecule has 0 saturated carbocycles. The van der Waals surface area contributed by atoms with Crippen LogP contribution in [0.5, 0.6) is 0 Å². The Balaban J connectivity index is 4.12. The summed E-state index contributed by atoms with van der Waals surface area (Å²) < 4.78 is 14.9. The predicted molar refractivity (Wildman–Crippen MR) is 34.8 cm³/mol. The predicted octanol–water partition coefficient (Wildman–Crippen LogP) is -0.829. The molecule has 0 bridgehead atoms. The van der Waals surface area contributed by atoms with Gasteiger partial charge in [0.05, 0.1) is 13.2 Å². The molecule has 5 nitrogen and oxygen atoms in total. The van der Waals surface area contributed by atoms with Gasteiger partial charge in [-0.05, 0) is 0 Å². The van der Waals surface area contributed by atoms with Crippen LogP contribution in [0.1, 0.15) is 0 Å². The normalized spacial score (nSPS) is 17.3. The van der Waals surface area contributed by atoms with E-state index in [9.17, 15) is 4.57 Å². The van der Waals surface area contributed by atoms with Gasteiger partial charge in [-0.15, -0.1) is 0 Å². The van der Waals surface area contributed by atoms with E-state index in [2.05, 4.69) is 4.52 Å². The van der Waals surface area contributed by atoms with Crippen molar-refractivity contribution in [1.29, 1.82) is 0 Å². The lowest BCUT2D eigenvalue weighted by molar-refractivity contribution is 0.196. The minimum absolute atomic E-state index is 0.557. The van der Waals surface area contributed by atoms with E-state index in [0.29, 0.717) is 0 Å². The van der Waals surface area contributed by atoms with Gasteiger partial charge in [-0.25, -0.2) is 0 Å². The molecule has 0 aliphatic heterocycles. The highest BCUT2D eigenvalue weighted by Gasteiger charge is 2.29. The third-order valence-corrected chi connectivity index (χ3v) is 2.92. The molecule has 10 heavy (non-hydrogen) atoms. The fraction of sp³-hybridized carbons (Fsp3) is 1.00. The van der Waals surface area contributed by atoms with E-state index in [4.69, 9.17) is 15.1 Å². The summed E-state index contributed by atoms with van der Waals surface area (Å²) in [4.78, 5) is 8.80. The highest BCUT2D eigenvalue weighted by Crippen LogP contribution is 2.45. The van der Waals surface area contributed by atoms with E-state index in [0.717, 1.165) is 7.11 Å². The topological polar surface area (TPSA) is 87.0 Å². The van der Waals surface area contributed by atoms with E-state index in [1.807, 2.05) is 0 Å². The standard InChI is InChI=1S/C4H11O5P/c1-9-10(7,8)4(2-5)3-6/h4-6H,2-3H2,1H3,(H,7,8). The number of hydrogen-bond donors (Lipinski definition) is 3. The first-order chi connectivity index (χ1) is 4.58. The van der Waals surface area contributed by atoms with Crippen LogP contribution in [0.25, 0.3) is 0 Å². The largest absolute Gasteiger partial charge is 0.395 e. The number of rotatable bonds is 4. The molecule has 0 rings (SSSR count). The zero-order valence-corrected chi connectivity index (χ0v) is 6.49. The molecule has 6 heteroatoms. The minimum atomic E-state index is -3.78. The summed E-state index contributed by atoms with van der Waals surface area (Å²) in [6, 6.07) is 0. The average Bonchev–Trinajstić information content (AvgIpc) is 1.90. The molecular formula is C4H11O5P. The first-order valence-electron chi connectivity index (χ1n) is 2.68. The Morgan fingerprint density at radius 3 is 2.00 bits per heavy atom. The maximum Gasteiger partial charge on any atom is 0.335 e. The molecule has 0 aromatic rings. The van der Waals surface area contributed by atoms with Crippen molar-refractivity contribution >= 4 is 7.60 Å². The lowest BCUT2D eigenvalue weighted by Gasteiger charge is -2.15. The summed E-state index contributed by atoms with van der Waals surface area (Å²) in [5.74, 6) is 0. The molecule has 0 spiro atoms. The number of aliphatic hydroxyl groups excluding tert-OH is 2. The van der Waals surface area contributed by atoms with E-state index in [-0.39, 0.29) is 0 Å². The highest BCUT2D eigenvalue weighted by atomic mass is 31.2. The molecule has 1 atom stereocenters. The Morgan fingerprint density at radius 2 is 1.90 bits per heavy atom. The summed E-state index contributed by atoms with van der Waals surface area (Å²) in [5, 5.41) is 16.8. The fourth-order valence-corrected chi connectivity index (χ4v) is 1.12. The second-order valence-electron chi connectivity index (χ2n) is 1.77. The summed E-state index contributed by atoms with van der Waals surface area (Å²) >= 11 is 0. The van der Waals surface area contributed by atoms with Crippen LogP contribution in [0.15, 0.2) is 0 Å².